The number of hydrogen-bond donors (Lipinski definition) is 0. The predicted molar refractivity (Wildman–Crippen MR) is 71.6 cm³/mol. The van der Waals surface area contributed by atoms with Crippen molar-refractivity contribution in [2.45, 2.75) is 13.5 Å². The molecule has 0 N–H and O–H groups in total. The topological polar surface area (TPSA) is 29.5 Å². The molecule has 0 spiro atoms. The lowest BCUT2D eigenvalue weighted by Crippen LogP contribution is -2.29. The number of ether oxygens (including phenoxy) is 1. The molecule has 0 aliphatic heterocycles. The van der Waals surface area contributed by atoms with Gasteiger partial charge >= 0.3 is 5.97 Å². The number of rotatable bonds is 5. The first-order chi connectivity index (χ1) is 8.43. The maximum Gasteiger partial charge on any atom is 0.309 e. The quantitative estimate of drug-likeness (QED) is 0.782. The van der Waals surface area contributed by atoms with Crippen molar-refractivity contribution in [2.75, 3.05) is 20.7 Å². The largest absolute Gasteiger partial charge is 0.469 e. The first-order valence-corrected chi connectivity index (χ1v) is 6.43. The molecule has 1 rings (SSSR count). The lowest BCUT2D eigenvalue weighted by atomic mass is 10.1. The summed E-state index contributed by atoms with van der Waals surface area (Å²) in [5.74, 6) is -0.671. The molecule has 0 aliphatic rings. The zero-order valence-electron chi connectivity index (χ0n) is 10.7. The molecule has 0 bridgehead atoms. The van der Waals surface area contributed by atoms with Crippen LogP contribution in [0.25, 0.3) is 0 Å². The molecule has 0 saturated carbocycles. The minimum absolute atomic E-state index is 0.181. The molecule has 1 aromatic rings. The SMILES string of the molecule is COC(=O)C(C)CN(C)Cc1ccc(F)cc1Br. The smallest absolute Gasteiger partial charge is 0.309 e. The van der Waals surface area contributed by atoms with Crippen molar-refractivity contribution in [2.24, 2.45) is 5.92 Å². The van der Waals surface area contributed by atoms with Crippen LogP contribution in [0.2, 0.25) is 0 Å². The molecule has 5 heteroatoms. The fourth-order valence-electron chi connectivity index (χ4n) is 1.75. The van der Waals surface area contributed by atoms with E-state index in [0.29, 0.717) is 13.1 Å². The van der Waals surface area contributed by atoms with Gasteiger partial charge < -0.3 is 9.64 Å². The van der Waals surface area contributed by atoms with Crippen LogP contribution in [0.3, 0.4) is 0 Å². The van der Waals surface area contributed by atoms with Gasteiger partial charge in [0.25, 0.3) is 0 Å². The van der Waals surface area contributed by atoms with Crippen LogP contribution in [0.4, 0.5) is 4.39 Å². The van der Waals surface area contributed by atoms with Gasteiger partial charge in [-0.15, -0.1) is 0 Å². The summed E-state index contributed by atoms with van der Waals surface area (Å²) in [4.78, 5) is 13.3. The van der Waals surface area contributed by atoms with Crippen molar-refractivity contribution < 1.29 is 13.9 Å². The zero-order chi connectivity index (χ0) is 13.7. The predicted octanol–water partition coefficient (Wildman–Crippen LogP) is 2.83. The lowest BCUT2D eigenvalue weighted by molar-refractivity contribution is -0.145. The highest BCUT2D eigenvalue weighted by Gasteiger charge is 2.16. The Hall–Kier alpha value is -0.940. The Bertz CT molecular complexity index is 425. The fraction of sp³-hybridized carbons (Fsp3) is 0.462. The maximum absolute atomic E-state index is 12.9. The summed E-state index contributed by atoms with van der Waals surface area (Å²) in [7, 11) is 3.30. The fourth-order valence-corrected chi connectivity index (χ4v) is 2.22. The highest BCUT2D eigenvalue weighted by molar-refractivity contribution is 9.10. The van der Waals surface area contributed by atoms with E-state index in [1.165, 1.54) is 19.2 Å². The van der Waals surface area contributed by atoms with Gasteiger partial charge in [-0.25, -0.2) is 4.39 Å². The molecule has 0 heterocycles. The van der Waals surface area contributed by atoms with Crippen molar-refractivity contribution in [3.05, 3.63) is 34.1 Å². The van der Waals surface area contributed by atoms with E-state index in [1.807, 2.05) is 18.9 Å². The van der Waals surface area contributed by atoms with Gasteiger partial charge in [-0.05, 0) is 24.7 Å². The normalized spacial score (nSPS) is 12.6. The summed E-state index contributed by atoms with van der Waals surface area (Å²) in [6, 6.07) is 4.60. The summed E-state index contributed by atoms with van der Waals surface area (Å²) >= 11 is 3.33. The van der Waals surface area contributed by atoms with Crippen LogP contribution in [0.1, 0.15) is 12.5 Å². The van der Waals surface area contributed by atoms with Gasteiger partial charge in [0, 0.05) is 17.6 Å². The van der Waals surface area contributed by atoms with Gasteiger partial charge in [0.1, 0.15) is 5.82 Å². The Morgan fingerprint density at radius 1 is 1.56 bits per heavy atom. The standard InChI is InChI=1S/C13H17BrFNO2/c1-9(13(17)18-3)7-16(2)8-10-4-5-11(15)6-12(10)14/h4-6,9H,7-8H2,1-3H3. The van der Waals surface area contributed by atoms with Gasteiger partial charge in [0.05, 0.1) is 13.0 Å². The van der Waals surface area contributed by atoms with Crippen LogP contribution in [0.15, 0.2) is 22.7 Å². The second-order valence-electron chi connectivity index (χ2n) is 4.36. The molecular weight excluding hydrogens is 301 g/mol. The van der Waals surface area contributed by atoms with Crippen LogP contribution in [-0.2, 0) is 16.1 Å². The molecule has 18 heavy (non-hydrogen) atoms. The first kappa shape index (κ1) is 15.1. The molecule has 0 saturated heterocycles. The van der Waals surface area contributed by atoms with Crippen LogP contribution in [-0.4, -0.2) is 31.6 Å². The molecule has 1 atom stereocenters. The monoisotopic (exact) mass is 317 g/mol. The van der Waals surface area contributed by atoms with Crippen molar-refractivity contribution in [1.82, 2.24) is 4.90 Å². The second-order valence-corrected chi connectivity index (χ2v) is 5.21. The zero-order valence-corrected chi connectivity index (χ0v) is 12.3. The summed E-state index contributed by atoms with van der Waals surface area (Å²) < 4.78 is 18.4. The van der Waals surface area contributed by atoms with E-state index >= 15 is 0 Å². The van der Waals surface area contributed by atoms with Crippen molar-refractivity contribution in [3.8, 4) is 0 Å². The molecule has 1 aromatic carbocycles. The average molecular weight is 318 g/mol. The molecule has 0 aromatic heterocycles. The summed E-state index contributed by atoms with van der Waals surface area (Å²) in [5, 5.41) is 0. The lowest BCUT2D eigenvalue weighted by Gasteiger charge is -2.20. The molecule has 0 fully saturated rings. The van der Waals surface area contributed by atoms with E-state index < -0.39 is 0 Å². The van der Waals surface area contributed by atoms with Crippen LogP contribution in [0, 0.1) is 11.7 Å². The molecule has 100 valence electrons. The second kappa shape index (κ2) is 6.85. The molecular formula is C13H17BrFNO2. The third-order valence-corrected chi connectivity index (χ3v) is 3.38. The van der Waals surface area contributed by atoms with E-state index in [2.05, 4.69) is 20.7 Å². The number of carbonyl (C=O) groups excluding carboxylic acids is 1. The Morgan fingerprint density at radius 2 is 2.22 bits per heavy atom. The van der Waals surface area contributed by atoms with Crippen LogP contribution >= 0.6 is 15.9 Å². The summed E-state index contributed by atoms with van der Waals surface area (Å²) in [6.07, 6.45) is 0. The van der Waals surface area contributed by atoms with E-state index in [4.69, 9.17) is 0 Å². The third kappa shape index (κ3) is 4.38. The van der Waals surface area contributed by atoms with Gasteiger partial charge in [-0.1, -0.05) is 28.9 Å². The van der Waals surface area contributed by atoms with E-state index in [-0.39, 0.29) is 17.7 Å². The van der Waals surface area contributed by atoms with Crippen molar-refractivity contribution in [3.63, 3.8) is 0 Å². The Morgan fingerprint density at radius 3 is 2.78 bits per heavy atom. The van der Waals surface area contributed by atoms with Crippen LogP contribution < -0.4 is 0 Å². The third-order valence-electron chi connectivity index (χ3n) is 2.64. The summed E-state index contributed by atoms with van der Waals surface area (Å²) in [6.45, 7) is 3.06. The average Bonchev–Trinajstić information content (AvgIpc) is 2.31. The van der Waals surface area contributed by atoms with Gasteiger partial charge in [-0.2, -0.15) is 0 Å². The number of nitrogens with zero attached hydrogens (tertiary/aromatic N) is 1. The Kier molecular flexibility index (Phi) is 5.75. The Balaban J connectivity index is 2.59. The molecule has 1 unspecified atom stereocenters. The molecule has 3 nitrogen and oxygen atoms in total. The number of carbonyl (C=O) groups is 1. The number of esters is 1. The summed E-state index contributed by atoms with van der Waals surface area (Å²) in [5.41, 5.74) is 0.982. The van der Waals surface area contributed by atoms with Gasteiger partial charge in [0.15, 0.2) is 0 Å². The van der Waals surface area contributed by atoms with E-state index in [1.54, 1.807) is 6.07 Å². The number of halogens is 2. The Labute approximate surface area is 115 Å². The van der Waals surface area contributed by atoms with Gasteiger partial charge in [-0.3, -0.25) is 4.79 Å². The number of methoxy groups -OCH3 is 1. The number of hydrogen-bond acceptors (Lipinski definition) is 3. The maximum atomic E-state index is 12.9. The number of benzene rings is 1. The van der Waals surface area contributed by atoms with Crippen molar-refractivity contribution >= 4 is 21.9 Å². The molecule has 0 amide bonds. The van der Waals surface area contributed by atoms with Gasteiger partial charge in [0.2, 0.25) is 0 Å². The van der Waals surface area contributed by atoms with Crippen LogP contribution in [0.5, 0.6) is 0 Å². The highest BCUT2D eigenvalue weighted by Crippen LogP contribution is 2.19. The molecule has 0 radical (unpaired) electrons. The highest BCUT2D eigenvalue weighted by atomic mass is 79.9. The minimum Gasteiger partial charge on any atom is -0.469 e. The minimum atomic E-state index is -0.267. The van der Waals surface area contributed by atoms with E-state index in [0.717, 1.165) is 10.0 Å². The molecule has 0 aliphatic carbocycles. The first-order valence-electron chi connectivity index (χ1n) is 5.64. The van der Waals surface area contributed by atoms with Crippen molar-refractivity contribution in [1.29, 1.82) is 0 Å². The van der Waals surface area contributed by atoms with E-state index in [9.17, 15) is 9.18 Å².